The number of ether oxygens (including phenoxy) is 1. The minimum absolute atomic E-state index is 0.00687. The number of carbonyl (C=O) groups excluding carboxylic acids is 1. The molecule has 0 spiro atoms. The Balaban J connectivity index is 1.26. The number of aromatic nitrogens is 2. The summed E-state index contributed by atoms with van der Waals surface area (Å²) in [5.74, 6) is 0.749. The molecule has 6 nitrogen and oxygen atoms in total. The van der Waals surface area contributed by atoms with E-state index in [0.717, 1.165) is 31.7 Å². The van der Waals surface area contributed by atoms with E-state index in [2.05, 4.69) is 15.3 Å². The van der Waals surface area contributed by atoms with E-state index in [0.29, 0.717) is 24.3 Å². The zero-order valence-electron chi connectivity index (χ0n) is 13.8. The van der Waals surface area contributed by atoms with E-state index in [1.165, 1.54) is 5.56 Å². The SMILES string of the molecule is Cn1cc(CN2CC2COc2cccc(C(=O)NC3CC3)c2)cn1. The average molecular weight is 326 g/mol. The van der Waals surface area contributed by atoms with Crippen molar-refractivity contribution in [1.29, 1.82) is 0 Å². The predicted molar refractivity (Wildman–Crippen MR) is 89.8 cm³/mol. The molecule has 4 rings (SSSR count). The summed E-state index contributed by atoms with van der Waals surface area (Å²) in [6, 6.07) is 8.24. The van der Waals surface area contributed by atoms with Crippen molar-refractivity contribution >= 4 is 5.91 Å². The fourth-order valence-corrected chi connectivity index (χ4v) is 2.78. The Morgan fingerprint density at radius 3 is 3.04 bits per heavy atom. The van der Waals surface area contributed by atoms with Crippen molar-refractivity contribution in [2.45, 2.75) is 31.5 Å². The Hall–Kier alpha value is -2.34. The maximum absolute atomic E-state index is 12.1. The van der Waals surface area contributed by atoms with Crippen LogP contribution in [0.5, 0.6) is 5.75 Å². The van der Waals surface area contributed by atoms with Crippen molar-refractivity contribution in [1.82, 2.24) is 20.0 Å². The van der Waals surface area contributed by atoms with E-state index in [-0.39, 0.29) is 5.91 Å². The van der Waals surface area contributed by atoms with Crippen LogP contribution in [0.25, 0.3) is 0 Å². The topological polar surface area (TPSA) is 59.2 Å². The van der Waals surface area contributed by atoms with Gasteiger partial charge in [-0.2, -0.15) is 5.10 Å². The second-order valence-electron chi connectivity index (χ2n) is 6.69. The number of amides is 1. The van der Waals surface area contributed by atoms with Crippen LogP contribution in [-0.4, -0.2) is 45.8 Å². The summed E-state index contributed by atoms with van der Waals surface area (Å²) >= 11 is 0. The lowest BCUT2D eigenvalue weighted by Gasteiger charge is -2.08. The molecule has 24 heavy (non-hydrogen) atoms. The normalized spacial score (nSPS) is 22.2. The number of hydrogen-bond donors (Lipinski definition) is 1. The van der Waals surface area contributed by atoms with Crippen LogP contribution in [0.4, 0.5) is 0 Å². The molecule has 1 saturated heterocycles. The number of benzene rings is 1. The van der Waals surface area contributed by atoms with E-state index >= 15 is 0 Å². The van der Waals surface area contributed by atoms with Crippen LogP contribution in [0.3, 0.4) is 0 Å². The molecule has 2 heterocycles. The third kappa shape index (κ3) is 3.76. The summed E-state index contributed by atoms with van der Waals surface area (Å²) in [5.41, 5.74) is 1.89. The number of nitrogens with zero attached hydrogens (tertiary/aromatic N) is 3. The number of carbonyl (C=O) groups is 1. The molecule has 126 valence electrons. The fourth-order valence-electron chi connectivity index (χ4n) is 2.78. The predicted octanol–water partition coefficient (Wildman–Crippen LogP) is 1.58. The van der Waals surface area contributed by atoms with Crippen molar-refractivity contribution in [3.63, 3.8) is 0 Å². The minimum Gasteiger partial charge on any atom is -0.492 e. The Labute approximate surface area is 141 Å². The van der Waals surface area contributed by atoms with Gasteiger partial charge in [0.15, 0.2) is 0 Å². The van der Waals surface area contributed by atoms with E-state index in [1.807, 2.05) is 48.4 Å². The molecule has 0 radical (unpaired) electrons. The molecule has 2 fully saturated rings. The summed E-state index contributed by atoms with van der Waals surface area (Å²) in [5, 5.41) is 7.19. The van der Waals surface area contributed by atoms with E-state index in [9.17, 15) is 4.79 Å². The highest BCUT2D eigenvalue weighted by Gasteiger charge is 2.34. The summed E-state index contributed by atoms with van der Waals surface area (Å²) in [7, 11) is 1.93. The molecule has 2 aliphatic rings. The smallest absolute Gasteiger partial charge is 0.251 e. The maximum Gasteiger partial charge on any atom is 0.251 e. The zero-order valence-corrected chi connectivity index (χ0v) is 13.8. The van der Waals surface area contributed by atoms with Gasteiger partial charge in [0.25, 0.3) is 5.91 Å². The lowest BCUT2D eigenvalue weighted by Crippen LogP contribution is -2.25. The first-order chi connectivity index (χ1) is 11.7. The number of nitrogens with one attached hydrogen (secondary N) is 1. The second kappa shape index (κ2) is 6.28. The summed E-state index contributed by atoms with van der Waals surface area (Å²) in [4.78, 5) is 14.4. The van der Waals surface area contributed by atoms with Crippen molar-refractivity contribution < 1.29 is 9.53 Å². The largest absolute Gasteiger partial charge is 0.492 e. The van der Waals surface area contributed by atoms with Gasteiger partial charge in [0.05, 0.1) is 12.2 Å². The first-order valence-corrected chi connectivity index (χ1v) is 8.43. The summed E-state index contributed by atoms with van der Waals surface area (Å²) in [6.45, 7) is 2.59. The van der Waals surface area contributed by atoms with Gasteiger partial charge >= 0.3 is 0 Å². The van der Waals surface area contributed by atoms with Crippen LogP contribution >= 0.6 is 0 Å². The standard InChI is InChI=1S/C18H22N4O2/c1-21-9-13(8-19-21)10-22-11-16(22)12-24-17-4-2-3-14(7-17)18(23)20-15-5-6-15/h2-4,7-9,15-16H,5-6,10-12H2,1H3,(H,20,23). The maximum atomic E-state index is 12.1. The van der Waals surface area contributed by atoms with E-state index in [1.54, 1.807) is 0 Å². The zero-order chi connectivity index (χ0) is 16.5. The summed E-state index contributed by atoms with van der Waals surface area (Å²) < 4.78 is 7.69. The first kappa shape index (κ1) is 15.2. The Morgan fingerprint density at radius 1 is 1.42 bits per heavy atom. The Morgan fingerprint density at radius 2 is 2.29 bits per heavy atom. The van der Waals surface area contributed by atoms with Gasteiger partial charge in [0, 0.05) is 43.5 Å². The van der Waals surface area contributed by atoms with Gasteiger partial charge in [-0.3, -0.25) is 14.4 Å². The molecule has 2 aromatic rings. The van der Waals surface area contributed by atoms with Gasteiger partial charge in [-0.1, -0.05) is 6.07 Å². The molecule has 1 saturated carbocycles. The monoisotopic (exact) mass is 326 g/mol. The van der Waals surface area contributed by atoms with Gasteiger partial charge in [0.1, 0.15) is 12.4 Å². The van der Waals surface area contributed by atoms with Crippen molar-refractivity contribution in [2.75, 3.05) is 13.2 Å². The molecule has 1 amide bonds. The Bertz CT molecular complexity index is 738. The number of hydrogen-bond acceptors (Lipinski definition) is 4. The van der Waals surface area contributed by atoms with Gasteiger partial charge < -0.3 is 10.1 Å². The van der Waals surface area contributed by atoms with Crippen LogP contribution in [-0.2, 0) is 13.6 Å². The van der Waals surface area contributed by atoms with Gasteiger partial charge in [-0.15, -0.1) is 0 Å². The molecular formula is C18H22N4O2. The molecule has 6 heteroatoms. The lowest BCUT2D eigenvalue weighted by molar-refractivity contribution is 0.0950. The molecule has 2 atom stereocenters. The molecule has 1 aromatic carbocycles. The number of aryl methyl sites for hydroxylation is 1. The fraction of sp³-hybridized carbons (Fsp3) is 0.444. The van der Waals surface area contributed by atoms with Gasteiger partial charge in [0.2, 0.25) is 0 Å². The van der Waals surface area contributed by atoms with E-state index < -0.39 is 0 Å². The second-order valence-corrected chi connectivity index (χ2v) is 6.69. The van der Waals surface area contributed by atoms with Crippen LogP contribution < -0.4 is 10.1 Å². The van der Waals surface area contributed by atoms with Gasteiger partial charge in [-0.05, 0) is 31.0 Å². The number of rotatable bonds is 7. The molecule has 1 N–H and O–H groups in total. The highest BCUT2D eigenvalue weighted by Crippen LogP contribution is 2.23. The van der Waals surface area contributed by atoms with Crippen LogP contribution in [0.1, 0.15) is 28.8 Å². The third-order valence-electron chi connectivity index (χ3n) is 4.42. The van der Waals surface area contributed by atoms with Crippen LogP contribution in [0, 0.1) is 0 Å². The molecule has 2 unspecified atom stereocenters. The molecule has 1 aliphatic heterocycles. The minimum atomic E-state index is -0.00687. The molecule has 1 aromatic heterocycles. The van der Waals surface area contributed by atoms with Gasteiger partial charge in [-0.25, -0.2) is 0 Å². The highest BCUT2D eigenvalue weighted by molar-refractivity contribution is 5.94. The molecular weight excluding hydrogens is 304 g/mol. The van der Waals surface area contributed by atoms with Crippen molar-refractivity contribution in [3.8, 4) is 5.75 Å². The van der Waals surface area contributed by atoms with Crippen molar-refractivity contribution in [3.05, 3.63) is 47.8 Å². The summed E-state index contributed by atoms with van der Waals surface area (Å²) in [6.07, 6.45) is 6.13. The van der Waals surface area contributed by atoms with Crippen molar-refractivity contribution in [2.24, 2.45) is 7.05 Å². The first-order valence-electron chi connectivity index (χ1n) is 8.43. The third-order valence-corrected chi connectivity index (χ3v) is 4.42. The highest BCUT2D eigenvalue weighted by atomic mass is 16.5. The van der Waals surface area contributed by atoms with Crippen LogP contribution in [0.2, 0.25) is 0 Å². The average Bonchev–Trinajstić information content (AvgIpc) is 3.48. The van der Waals surface area contributed by atoms with E-state index in [4.69, 9.17) is 4.74 Å². The lowest BCUT2D eigenvalue weighted by atomic mass is 10.2. The quantitative estimate of drug-likeness (QED) is 0.785. The van der Waals surface area contributed by atoms with Crippen LogP contribution in [0.15, 0.2) is 36.7 Å². The molecule has 1 aliphatic carbocycles. The molecule has 0 bridgehead atoms. The Kier molecular flexibility index (Phi) is 3.98.